The van der Waals surface area contributed by atoms with Crippen molar-refractivity contribution in [3.63, 3.8) is 0 Å². The fourth-order valence-corrected chi connectivity index (χ4v) is 2.27. The lowest BCUT2D eigenvalue weighted by atomic mass is 10.3. The van der Waals surface area contributed by atoms with Gasteiger partial charge in [0.15, 0.2) is 5.57 Å². The molecule has 0 atom stereocenters. The number of nitrogens with zero attached hydrogens (tertiary/aromatic N) is 2. The van der Waals surface area contributed by atoms with Crippen LogP contribution in [0, 0.1) is 11.3 Å². The Hall–Kier alpha value is -2.59. The Balaban J connectivity index is 2.01. The van der Waals surface area contributed by atoms with Crippen LogP contribution in [-0.2, 0) is 9.53 Å². The molecule has 1 heterocycles. The molecule has 0 radical (unpaired) electrons. The van der Waals surface area contributed by atoms with Crippen molar-refractivity contribution in [2.75, 3.05) is 12.0 Å². The fraction of sp³-hybridized carbons (Fsp3) is 0.154. The molecule has 2 rings (SSSR count). The number of nitriles is 1. The highest BCUT2D eigenvalue weighted by Gasteiger charge is 2.09. The van der Waals surface area contributed by atoms with Crippen LogP contribution in [0.2, 0.25) is 0 Å². The molecule has 20 heavy (non-hydrogen) atoms. The summed E-state index contributed by atoms with van der Waals surface area (Å²) in [5.41, 5.74) is 6.26. The second-order valence-corrected chi connectivity index (χ2v) is 4.68. The molecule has 0 bridgehead atoms. The Bertz CT molecular complexity index is 654. The van der Waals surface area contributed by atoms with Crippen molar-refractivity contribution >= 4 is 32.7 Å². The van der Waals surface area contributed by atoms with Gasteiger partial charge in [0, 0.05) is 6.20 Å². The van der Waals surface area contributed by atoms with Gasteiger partial charge in [-0.15, -0.1) is 0 Å². The van der Waals surface area contributed by atoms with Crippen LogP contribution in [0.15, 0.2) is 36.0 Å². The van der Waals surface area contributed by atoms with Gasteiger partial charge in [-0.1, -0.05) is 23.5 Å². The van der Waals surface area contributed by atoms with Gasteiger partial charge in [0.1, 0.15) is 6.07 Å². The van der Waals surface area contributed by atoms with E-state index in [4.69, 9.17) is 10.00 Å². The van der Waals surface area contributed by atoms with Crippen LogP contribution in [0.1, 0.15) is 6.92 Å². The molecule has 1 aromatic carbocycles. The van der Waals surface area contributed by atoms with Crippen LogP contribution in [-0.4, -0.2) is 17.6 Å². The van der Waals surface area contributed by atoms with E-state index in [0.717, 1.165) is 10.2 Å². The maximum Gasteiger partial charge on any atom is 0.350 e. The molecule has 0 amide bonds. The zero-order valence-electron chi connectivity index (χ0n) is 10.7. The number of anilines is 1. The SMILES string of the molecule is CCOC(=O)C(C#N)=CNNc1nc2ccccc2s1. The molecule has 102 valence electrons. The first kappa shape index (κ1) is 13.8. The van der Waals surface area contributed by atoms with Crippen molar-refractivity contribution in [3.8, 4) is 6.07 Å². The molecule has 0 saturated carbocycles. The molecule has 0 fully saturated rings. The van der Waals surface area contributed by atoms with E-state index < -0.39 is 5.97 Å². The average Bonchev–Trinajstić information content (AvgIpc) is 2.86. The van der Waals surface area contributed by atoms with Gasteiger partial charge in [-0.2, -0.15) is 5.26 Å². The van der Waals surface area contributed by atoms with E-state index in [1.54, 1.807) is 13.0 Å². The summed E-state index contributed by atoms with van der Waals surface area (Å²) in [6.45, 7) is 1.91. The molecular weight excluding hydrogens is 276 g/mol. The maximum absolute atomic E-state index is 11.4. The maximum atomic E-state index is 11.4. The number of benzene rings is 1. The number of thiazole rings is 1. The normalized spacial score (nSPS) is 10.9. The predicted octanol–water partition coefficient (Wildman–Crippen LogP) is 2.18. The number of esters is 1. The number of aromatic nitrogens is 1. The fourth-order valence-electron chi connectivity index (χ4n) is 1.44. The average molecular weight is 288 g/mol. The number of ether oxygens (including phenoxy) is 1. The molecule has 0 aliphatic carbocycles. The number of carbonyl (C=O) groups is 1. The van der Waals surface area contributed by atoms with Crippen LogP contribution in [0.3, 0.4) is 0 Å². The van der Waals surface area contributed by atoms with Crippen LogP contribution < -0.4 is 10.9 Å². The van der Waals surface area contributed by atoms with Gasteiger partial charge >= 0.3 is 5.97 Å². The molecule has 0 aliphatic rings. The lowest BCUT2D eigenvalue weighted by Gasteiger charge is -2.02. The lowest BCUT2D eigenvalue weighted by molar-refractivity contribution is -0.138. The van der Waals surface area contributed by atoms with Gasteiger partial charge < -0.3 is 10.2 Å². The molecule has 2 N–H and O–H groups in total. The summed E-state index contributed by atoms with van der Waals surface area (Å²) in [6.07, 6.45) is 1.25. The Kier molecular flexibility index (Phi) is 4.52. The summed E-state index contributed by atoms with van der Waals surface area (Å²) in [6, 6.07) is 9.49. The topological polar surface area (TPSA) is 87.0 Å². The van der Waals surface area contributed by atoms with E-state index in [1.165, 1.54) is 17.5 Å². The van der Waals surface area contributed by atoms with Crippen LogP contribution in [0.5, 0.6) is 0 Å². The number of fused-ring (bicyclic) bond motifs is 1. The Labute approximate surface area is 119 Å². The minimum atomic E-state index is -0.659. The third-order valence-corrected chi connectivity index (χ3v) is 3.26. The zero-order valence-corrected chi connectivity index (χ0v) is 11.5. The molecule has 6 nitrogen and oxygen atoms in total. The third kappa shape index (κ3) is 3.24. The first-order valence-corrected chi connectivity index (χ1v) is 6.70. The molecule has 2 aromatic rings. The summed E-state index contributed by atoms with van der Waals surface area (Å²) < 4.78 is 5.78. The smallest absolute Gasteiger partial charge is 0.350 e. The Morgan fingerprint density at radius 3 is 3.05 bits per heavy atom. The van der Waals surface area contributed by atoms with Crippen molar-refractivity contribution in [2.24, 2.45) is 0 Å². The number of hydrogen-bond acceptors (Lipinski definition) is 7. The van der Waals surface area contributed by atoms with Gasteiger partial charge in [-0.05, 0) is 19.1 Å². The summed E-state index contributed by atoms with van der Waals surface area (Å²) in [5.74, 6) is -0.659. The zero-order chi connectivity index (χ0) is 14.4. The van der Waals surface area contributed by atoms with Crippen molar-refractivity contribution in [1.29, 1.82) is 5.26 Å². The molecule has 0 unspecified atom stereocenters. The highest BCUT2D eigenvalue weighted by atomic mass is 32.1. The van der Waals surface area contributed by atoms with Gasteiger partial charge in [-0.3, -0.25) is 5.43 Å². The molecule has 0 spiro atoms. The number of carbonyl (C=O) groups excluding carboxylic acids is 1. The first-order valence-electron chi connectivity index (χ1n) is 5.89. The van der Waals surface area contributed by atoms with Gasteiger partial charge in [0.25, 0.3) is 0 Å². The van der Waals surface area contributed by atoms with E-state index in [0.29, 0.717) is 5.13 Å². The van der Waals surface area contributed by atoms with E-state index in [2.05, 4.69) is 15.8 Å². The lowest BCUT2D eigenvalue weighted by Crippen LogP contribution is -2.17. The summed E-state index contributed by atoms with van der Waals surface area (Å²) in [5, 5.41) is 9.48. The second-order valence-electron chi connectivity index (χ2n) is 3.65. The van der Waals surface area contributed by atoms with Gasteiger partial charge in [-0.25, -0.2) is 9.78 Å². The quantitative estimate of drug-likeness (QED) is 0.379. The first-order chi connectivity index (χ1) is 9.74. The Morgan fingerprint density at radius 2 is 2.35 bits per heavy atom. The summed E-state index contributed by atoms with van der Waals surface area (Å²) in [7, 11) is 0. The monoisotopic (exact) mass is 288 g/mol. The van der Waals surface area contributed by atoms with Gasteiger partial charge in [0.2, 0.25) is 5.13 Å². The highest BCUT2D eigenvalue weighted by molar-refractivity contribution is 7.22. The number of hydrogen-bond donors (Lipinski definition) is 2. The number of hydrazine groups is 1. The second kappa shape index (κ2) is 6.54. The highest BCUT2D eigenvalue weighted by Crippen LogP contribution is 2.24. The van der Waals surface area contributed by atoms with Gasteiger partial charge in [0.05, 0.1) is 16.8 Å². The molecule has 7 heteroatoms. The summed E-state index contributed by atoms with van der Waals surface area (Å²) in [4.78, 5) is 15.7. The van der Waals surface area contributed by atoms with E-state index >= 15 is 0 Å². The van der Waals surface area contributed by atoms with Crippen LogP contribution >= 0.6 is 11.3 Å². The van der Waals surface area contributed by atoms with E-state index in [1.807, 2.05) is 24.3 Å². The standard InChI is InChI=1S/C13H12N4O2S/c1-2-19-12(18)9(7-14)8-15-17-13-16-10-5-3-4-6-11(10)20-13/h3-6,8,15H,2H2,1H3,(H,16,17). The largest absolute Gasteiger partial charge is 0.462 e. The molecular formula is C13H12N4O2S. The minimum absolute atomic E-state index is 0.111. The van der Waals surface area contributed by atoms with Crippen LogP contribution in [0.25, 0.3) is 10.2 Å². The van der Waals surface area contributed by atoms with Crippen molar-refractivity contribution in [2.45, 2.75) is 6.92 Å². The summed E-state index contributed by atoms with van der Waals surface area (Å²) >= 11 is 1.46. The molecule has 0 aliphatic heterocycles. The minimum Gasteiger partial charge on any atom is -0.462 e. The van der Waals surface area contributed by atoms with Crippen molar-refractivity contribution < 1.29 is 9.53 Å². The third-order valence-electron chi connectivity index (χ3n) is 2.31. The van der Waals surface area contributed by atoms with Crippen molar-refractivity contribution in [1.82, 2.24) is 10.4 Å². The van der Waals surface area contributed by atoms with Crippen LogP contribution in [0.4, 0.5) is 5.13 Å². The van der Waals surface area contributed by atoms with E-state index in [-0.39, 0.29) is 12.2 Å². The van der Waals surface area contributed by atoms with E-state index in [9.17, 15) is 4.79 Å². The number of nitrogens with one attached hydrogen (secondary N) is 2. The predicted molar refractivity (Wildman–Crippen MR) is 76.7 cm³/mol. The van der Waals surface area contributed by atoms with Crippen molar-refractivity contribution in [3.05, 3.63) is 36.0 Å². The molecule has 1 aromatic heterocycles. The Morgan fingerprint density at radius 1 is 1.55 bits per heavy atom. The number of rotatable bonds is 5. The number of para-hydroxylation sites is 1. The molecule has 0 saturated heterocycles.